The highest BCUT2D eigenvalue weighted by atomic mass is 28.2. The van der Waals surface area contributed by atoms with Crippen molar-refractivity contribution in [3.05, 3.63) is 57.2 Å². The topological polar surface area (TPSA) is 40.9 Å². The van der Waals surface area contributed by atoms with Crippen LogP contribution in [0.1, 0.15) is 69.7 Å². The molecule has 1 N–H and O–H groups in total. The second-order valence-corrected chi connectivity index (χ2v) is 11.9. The molecule has 2 aliphatic carbocycles. The lowest BCUT2D eigenvalue weighted by Gasteiger charge is -2.27. The summed E-state index contributed by atoms with van der Waals surface area (Å²) < 4.78 is 0. The Kier molecular flexibility index (Phi) is 5.50. The summed E-state index contributed by atoms with van der Waals surface area (Å²) in [6, 6.07) is 4.72. The van der Waals surface area contributed by atoms with Crippen LogP contribution in [0.2, 0.25) is 13.1 Å². The van der Waals surface area contributed by atoms with Gasteiger partial charge in [-0.15, -0.1) is 0 Å². The van der Waals surface area contributed by atoms with E-state index in [2.05, 4.69) is 59.0 Å². The van der Waals surface area contributed by atoms with Gasteiger partial charge in [-0.2, -0.15) is 0 Å². The van der Waals surface area contributed by atoms with Crippen LogP contribution in [0.4, 0.5) is 0 Å². The maximum atomic E-state index is 12.0. The molecule has 0 saturated heterocycles. The van der Waals surface area contributed by atoms with Crippen LogP contribution in [0, 0.1) is 0 Å². The van der Waals surface area contributed by atoms with E-state index in [0.717, 1.165) is 24.8 Å². The zero-order valence-electron chi connectivity index (χ0n) is 18.3. The van der Waals surface area contributed by atoms with Crippen molar-refractivity contribution in [3.63, 3.8) is 0 Å². The van der Waals surface area contributed by atoms with E-state index in [-0.39, 0.29) is 5.41 Å². The number of nitrogens with one attached hydrogen (secondary N) is 1. The molecule has 1 aromatic carbocycles. The van der Waals surface area contributed by atoms with E-state index in [4.69, 9.17) is 5.73 Å². The van der Waals surface area contributed by atoms with Crippen molar-refractivity contribution in [3.8, 4) is 0 Å². The first-order valence-corrected chi connectivity index (χ1v) is 12.8. The van der Waals surface area contributed by atoms with Gasteiger partial charge < -0.3 is 0 Å². The Labute approximate surface area is 171 Å². The van der Waals surface area contributed by atoms with E-state index >= 15 is 0 Å². The van der Waals surface area contributed by atoms with Crippen LogP contribution in [0.25, 0.3) is 11.6 Å². The molecule has 1 aromatic rings. The minimum Gasteiger partial charge on any atom is -0.267 e. The Morgan fingerprint density at radius 1 is 1.21 bits per heavy atom. The van der Waals surface area contributed by atoms with Gasteiger partial charge in [-0.1, -0.05) is 75.8 Å². The van der Waals surface area contributed by atoms with E-state index in [0.29, 0.717) is 5.57 Å². The fourth-order valence-corrected chi connectivity index (χ4v) is 5.64. The third-order valence-corrected chi connectivity index (χ3v) is 7.74. The van der Waals surface area contributed by atoms with Crippen LogP contribution < -0.4 is 5.73 Å². The average Bonchev–Trinajstić information content (AvgIpc) is 3.02. The summed E-state index contributed by atoms with van der Waals surface area (Å²) in [6.07, 6.45) is 7.21. The molecule has 0 unspecified atom stereocenters. The summed E-state index contributed by atoms with van der Waals surface area (Å²) in [4.78, 5) is 12.0. The number of fused-ring (bicyclic) bond motifs is 1. The number of benzene rings is 1. The van der Waals surface area contributed by atoms with Crippen LogP contribution in [-0.2, 0) is 16.6 Å². The van der Waals surface area contributed by atoms with Gasteiger partial charge in [0.1, 0.15) is 0 Å². The van der Waals surface area contributed by atoms with E-state index in [9.17, 15) is 4.79 Å². The van der Waals surface area contributed by atoms with Gasteiger partial charge in [0.15, 0.2) is 0 Å². The summed E-state index contributed by atoms with van der Waals surface area (Å²) in [5.41, 5.74) is 17.5. The molecular formula is C25H32NOSi. The molecule has 3 rings (SSSR count). The molecule has 0 saturated carbocycles. The summed E-state index contributed by atoms with van der Waals surface area (Å²) in [5, 5.41) is 1.48. The highest BCUT2D eigenvalue weighted by Gasteiger charge is 2.28. The van der Waals surface area contributed by atoms with Gasteiger partial charge in [0.2, 0.25) is 0 Å². The summed E-state index contributed by atoms with van der Waals surface area (Å²) in [7, 11) is -0.670. The van der Waals surface area contributed by atoms with Gasteiger partial charge in [0.05, 0.1) is 0 Å². The molecule has 2 nitrogen and oxygen atoms in total. The Morgan fingerprint density at radius 2 is 1.89 bits per heavy atom. The lowest BCUT2D eigenvalue weighted by atomic mass is 9.79. The molecule has 28 heavy (non-hydrogen) atoms. The Bertz CT molecular complexity index is 977. The zero-order chi connectivity index (χ0) is 20.8. The van der Waals surface area contributed by atoms with Gasteiger partial charge in [0.25, 0.3) is 5.91 Å². The molecule has 0 heterocycles. The van der Waals surface area contributed by atoms with Crippen molar-refractivity contribution in [1.29, 1.82) is 0 Å². The van der Waals surface area contributed by atoms with Crippen LogP contribution in [0.5, 0.6) is 0 Å². The van der Waals surface area contributed by atoms with Crippen molar-refractivity contribution < 1.29 is 4.79 Å². The van der Waals surface area contributed by atoms with Crippen LogP contribution in [0.3, 0.4) is 0 Å². The van der Waals surface area contributed by atoms with Crippen molar-refractivity contribution in [2.75, 3.05) is 0 Å². The molecular weight excluding hydrogens is 358 g/mol. The van der Waals surface area contributed by atoms with Gasteiger partial charge in [-0.3, -0.25) is 10.5 Å². The number of carbonyl (C=O) groups is 1. The number of rotatable bonds is 3. The predicted molar refractivity (Wildman–Crippen MR) is 123 cm³/mol. The largest absolute Gasteiger partial charge is 0.269 e. The van der Waals surface area contributed by atoms with Crippen LogP contribution >= 0.6 is 0 Å². The summed E-state index contributed by atoms with van der Waals surface area (Å²) >= 11 is 0. The number of amides is 1. The second kappa shape index (κ2) is 7.44. The Hall–Kier alpha value is -2.00. The monoisotopic (exact) mass is 390 g/mol. The fourth-order valence-electron chi connectivity index (χ4n) is 4.30. The molecule has 2 aliphatic rings. The Balaban J connectivity index is 2.35. The molecule has 0 fully saturated rings. The first-order chi connectivity index (χ1) is 13.0. The third kappa shape index (κ3) is 3.65. The highest BCUT2D eigenvalue weighted by Crippen LogP contribution is 2.40. The predicted octanol–water partition coefficient (Wildman–Crippen LogP) is 5.76. The molecule has 147 valence electrons. The molecule has 1 amide bonds. The molecule has 0 spiro atoms. The number of allylic oxidation sites excluding steroid dienone is 3. The number of carbonyl (C=O) groups excluding carboxylic acids is 1. The third-order valence-electron chi connectivity index (χ3n) is 6.08. The van der Waals surface area contributed by atoms with E-state index in [1.807, 2.05) is 13.0 Å². The SMILES string of the molecule is CCC1=Cc2cc(C(C)(C)C)cc(C3=C(C)C(C([NH])=O)=CCC3=[Si](C)C)c2C1. The normalized spacial score (nSPS) is 16.8. The lowest BCUT2D eigenvalue weighted by molar-refractivity contribution is -0.114. The maximum Gasteiger partial charge on any atom is 0.269 e. The highest BCUT2D eigenvalue weighted by molar-refractivity contribution is 6.76. The zero-order valence-corrected chi connectivity index (χ0v) is 19.3. The maximum absolute atomic E-state index is 12.0. The molecule has 0 aliphatic heterocycles. The van der Waals surface area contributed by atoms with Crippen molar-refractivity contribution >= 4 is 31.1 Å². The van der Waals surface area contributed by atoms with Crippen molar-refractivity contribution in [2.45, 2.75) is 72.4 Å². The first kappa shape index (κ1) is 20.7. The van der Waals surface area contributed by atoms with Gasteiger partial charge in [-0.05, 0) is 65.0 Å². The first-order valence-electron chi connectivity index (χ1n) is 10.3. The molecule has 0 bridgehead atoms. The van der Waals surface area contributed by atoms with E-state index < -0.39 is 14.3 Å². The van der Waals surface area contributed by atoms with Crippen molar-refractivity contribution in [2.24, 2.45) is 0 Å². The molecule has 0 atom stereocenters. The molecule has 0 aromatic heterocycles. The minimum atomic E-state index is -0.670. The number of hydrogen-bond donors (Lipinski definition) is 0. The quantitative estimate of drug-likeness (QED) is 0.605. The van der Waals surface area contributed by atoms with Crippen LogP contribution in [0.15, 0.2) is 34.9 Å². The van der Waals surface area contributed by atoms with E-state index in [1.54, 1.807) is 0 Å². The summed E-state index contributed by atoms with van der Waals surface area (Å²) in [5.74, 6) is -0.564. The fraction of sp³-hybridized carbons (Fsp3) is 0.440. The van der Waals surface area contributed by atoms with Gasteiger partial charge >= 0.3 is 0 Å². The van der Waals surface area contributed by atoms with Gasteiger partial charge in [0, 0.05) is 14.0 Å². The standard InChI is InChI=1S/C25H32NOSi/c1-8-16-11-17-13-18(25(3,4)5)14-21(20(17)12-16)23-15(2)19(24(26)27)9-10-22(23)28(6)7/h9,11,13-14,26H,8,10,12H2,1-7H3. The summed E-state index contributed by atoms with van der Waals surface area (Å²) in [6.45, 7) is 15.7. The van der Waals surface area contributed by atoms with Gasteiger partial charge in [-0.25, -0.2) is 0 Å². The lowest BCUT2D eigenvalue weighted by Crippen LogP contribution is -2.21. The number of hydrogen-bond acceptors (Lipinski definition) is 1. The Morgan fingerprint density at radius 3 is 2.43 bits per heavy atom. The van der Waals surface area contributed by atoms with E-state index in [1.165, 1.54) is 38.6 Å². The second-order valence-electron chi connectivity index (χ2n) is 9.30. The van der Waals surface area contributed by atoms with Crippen molar-refractivity contribution in [1.82, 2.24) is 5.73 Å². The molecule has 3 heteroatoms. The smallest absolute Gasteiger partial charge is 0.267 e. The molecule has 1 radical (unpaired) electrons. The minimum absolute atomic E-state index is 0.0615. The average molecular weight is 391 g/mol. The van der Waals surface area contributed by atoms with Crippen LogP contribution in [-0.4, -0.2) is 19.5 Å².